The Morgan fingerprint density at radius 3 is 2.17 bits per heavy atom. The fraction of sp³-hybridized carbons (Fsp3) is 0.818. The Balaban J connectivity index is 2.35. The summed E-state index contributed by atoms with van der Waals surface area (Å²) in [6, 6.07) is 0. The highest BCUT2D eigenvalue weighted by atomic mass is 32.2. The molecule has 0 aromatic rings. The standard InChI is InChI=1S/C11H20S/c1-11(2,3)12-9-10-7-5-4-6-8-10/h9H,4-8H2,1-3H3. The number of hydrogen-bond acceptors (Lipinski definition) is 1. The van der Waals surface area contributed by atoms with Gasteiger partial charge in [-0.1, -0.05) is 32.8 Å². The third-order valence-corrected chi connectivity index (χ3v) is 3.23. The van der Waals surface area contributed by atoms with Gasteiger partial charge in [0.15, 0.2) is 0 Å². The minimum Gasteiger partial charge on any atom is -0.128 e. The third kappa shape index (κ3) is 4.20. The van der Waals surface area contributed by atoms with Gasteiger partial charge in [0.05, 0.1) is 0 Å². The van der Waals surface area contributed by atoms with Crippen LogP contribution in [0.1, 0.15) is 52.9 Å². The first-order valence-electron chi connectivity index (χ1n) is 4.94. The van der Waals surface area contributed by atoms with Gasteiger partial charge in [0.2, 0.25) is 0 Å². The van der Waals surface area contributed by atoms with Crippen LogP contribution in [-0.2, 0) is 0 Å². The van der Waals surface area contributed by atoms with Gasteiger partial charge in [-0.3, -0.25) is 0 Å². The maximum absolute atomic E-state index is 2.40. The lowest BCUT2D eigenvalue weighted by atomic mass is 9.96. The molecule has 0 aromatic carbocycles. The molecule has 0 unspecified atom stereocenters. The zero-order valence-electron chi connectivity index (χ0n) is 8.52. The van der Waals surface area contributed by atoms with Crippen molar-refractivity contribution in [3.05, 3.63) is 11.0 Å². The van der Waals surface area contributed by atoms with Crippen LogP contribution in [0.25, 0.3) is 0 Å². The van der Waals surface area contributed by atoms with E-state index < -0.39 is 0 Å². The fourth-order valence-electron chi connectivity index (χ4n) is 1.38. The van der Waals surface area contributed by atoms with Crippen LogP contribution in [0.2, 0.25) is 0 Å². The second-order valence-electron chi connectivity index (χ2n) is 4.57. The Hall–Kier alpha value is 0.0900. The van der Waals surface area contributed by atoms with Gasteiger partial charge < -0.3 is 0 Å². The minimum absolute atomic E-state index is 0.393. The van der Waals surface area contributed by atoms with Gasteiger partial charge in [0.1, 0.15) is 0 Å². The van der Waals surface area contributed by atoms with Crippen LogP contribution in [0.15, 0.2) is 11.0 Å². The molecule has 12 heavy (non-hydrogen) atoms. The smallest absolute Gasteiger partial charge is 0.0116 e. The molecule has 0 nitrogen and oxygen atoms in total. The Labute approximate surface area is 80.8 Å². The molecule has 70 valence electrons. The van der Waals surface area contributed by atoms with E-state index in [1.807, 2.05) is 11.8 Å². The van der Waals surface area contributed by atoms with E-state index in [4.69, 9.17) is 0 Å². The highest BCUT2D eigenvalue weighted by molar-refractivity contribution is 8.03. The summed E-state index contributed by atoms with van der Waals surface area (Å²) in [5.74, 6) is 0. The highest BCUT2D eigenvalue weighted by Crippen LogP contribution is 2.30. The van der Waals surface area contributed by atoms with Crippen molar-refractivity contribution in [2.24, 2.45) is 0 Å². The quantitative estimate of drug-likeness (QED) is 0.583. The predicted molar refractivity (Wildman–Crippen MR) is 58.5 cm³/mol. The molecule has 0 spiro atoms. The van der Waals surface area contributed by atoms with Crippen LogP contribution in [0.3, 0.4) is 0 Å². The van der Waals surface area contributed by atoms with Crippen molar-refractivity contribution in [2.75, 3.05) is 0 Å². The van der Waals surface area contributed by atoms with Crippen molar-refractivity contribution in [1.82, 2.24) is 0 Å². The molecule has 0 aliphatic heterocycles. The van der Waals surface area contributed by atoms with Crippen molar-refractivity contribution < 1.29 is 0 Å². The lowest BCUT2D eigenvalue weighted by molar-refractivity contribution is 0.600. The van der Waals surface area contributed by atoms with Gasteiger partial charge in [0, 0.05) is 4.75 Å². The summed E-state index contributed by atoms with van der Waals surface area (Å²) in [6.45, 7) is 6.83. The number of rotatable bonds is 1. The molecule has 1 heteroatoms. The predicted octanol–water partition coefficient (Wildman–Crippen LogP) is 4.37. The summed E-state index contributed by atoms with van der Waals surface area (Å²) >= 11 is 1.98. The molecule has 0 heterocycles. The second-order valence-corrected chi connectivity index (χ2v) is 6.26. The molecule has 1 rings (SSSR count). The van der Waals surface area contributed by atoms with Crippen LogP contribution >= 0.6 is 11.8 Å². The first-order chi connectivity index (χ1) is 5.58. The highest BCUT2D eigenvalue weighted by Gasteiger charge is 2.10. The summed E-state index contributed by atoms with van der Waals surface area (Å²) < 4.78 is 0.393. The van der Waals surface area contributed by atoms with E-state index in [1.54, 1.807) is 5.57 Å². The monoisotopic (exact) mass is 184 g/mol. The molecule has 1 fully saturated rings. The van der Waals surface area contributed by atoms with E-state index in [9.17, 15) is 0 Å². The van der Waals surface area contributed by atoms with Gasteiger partial charge in [0.25, 0.3) is 0 Å². The van der Waals surface area contributed by atoms with Crippen LogP contribution in [0, 0.1) is 0 Å². The molecule has 1 saturated carbocycles. The second kappa shape index (κ2) is 4.36. The maximum atomic E-state index is 2.40. The van der Waals surface area contributed by atoms with Crippen LogP contribution in [-0.4, -0.2) is 4.75 Å². The first-order valence-corrected chi connectivity index (χ1v) is 5.82. The molecule has 1 aliphatic carbocycles. The van der Waals surface area contributed by atoms with Crippen LogP contribution in [0.5, 0.6) is 0 Å². The molecule has 0 amide bonds. The topological polar surface area (TPSA) is 0 Å². The molecular formula is C11H20S. The zero-order valence-corrected chi connectivity index (χ0v) is 9.34. The summed E-state index contributed by atoms with van der Waals surface area (Å²) in [5.41, 5.74) is 1.68. The Kier molecular flexibility index (Phi) is 3.70. The summed E-state index contributed by atoms with van der Waals surface area (Å²) in [6.07, 6.45) is 6.97. The average Bonchev–Trinajstić information content (AvgIpc) is 2.02. The number of allylic oxidation sites excluding steroid dienone is 1. The Bertz CT molecular complexity index is 154. The molecule has 1 aliphatic rings. The van der Waals surface area contributed by atoms with Crippen LogP contribution in [0.4, 0.5) is 0 Å². The SMILES string of the molecule is CC(C)(C)SC=C1CCCCC1. The van der Waals surface area contributed by atoms with E-state index in [-0.39, 0.29) is 0 Å². The molecule has 0 saturated heterocycles. The van der Waals surface area contributed by atoms with E-state index in [1.165, 1.54) is 32.1 Å². The maximum Gasteiger partial charge on any atom is 0.0116 e. The summed E-state index contributed by atoms with van der Waals surface area (Å²) in [4.78, 5) is 0. The molecular weight excluding hydrogens is 164 g/mol. The van der Waals surface area contributed by atoms with Gasteiger partial charge >= 0.3 is 0 Å². The van der Waals surface area contributed by atoms with E-state index in [0.717, 1.165) is 0 Å². The lowest BCUT2D eigenvalue weighted by Gasteiger charge is -2.18. The minimum atomic E-state index is 0.393. The summed E-state index contributed by atoms with van der Waals surface area (Å²) in [7, 11) is 0. The number of hydrogen-bond donors (Lipinski definition) is 0. The van der Waals surface area contributed by atoms with Crippen molar-refractivity contribution in [2.45, 2.75) is 57.6 Å². The van der Waals surface area contributed by atoms with Crippen molar-refractivity contribution >= 4 is 11.8 Å². The van der Waals surface area contributed by atoms with Crippen molar-refractivity contribution in [1.29, 1.82) is 0 Å². The fourth-order valence-corrected chi connectivity index (χ4v) is 2.14. The molecule has 0 atom stereocenters. The van der Waals surface area contributed by atoms with E-state index >= 15 is 0 Å². The Morgan fingerprint density at radius 2 is 1.67 bits per heavy atom. The largest absolute Gasteiger partial charge is 0.128 e. The van der Waals surface area contributed by atoms with Crippen molar-refractivity contribution in [3.63, 3.8) is 0 Å². The van der Waals surface area contributed by atoms with Gasteiger partial charge in [-0.15, -0.1) is 11.8 Å². The molecule has 0 aromatic heterocycles. The third-order valence-electron chi connectivity index (χ3n) is 2.07. The Morgan fingerprint density at radius 1 is 1.08 bits per heavy atom. The average molecular weight is 184 g/mol. The van der Waals surface area contributed by atoms with Crippen molar-refractivity contribution in [3.8, 4) is 0 Å². The van der Waals surface area contributed by atoms with Crippen LogP contribution < -0.4 is 0 Å². The molecule has 0 radical (unpaired) electrons. The molecule has 0 N–H and O–H groups in total. The van der Waals surface area contributed by atoms with Gasteiger partial charge in [-0.25, -0.2) is 0 Å². The zero-order chi connectivity index (χ0) is 9.03. The van der Waals surface area contributed by atoms with E-state index in [0.29, 0.717) is 4.75 Å². The molecule has 0 bridgehead atoms. The normalized spacial score (nSPS) is 19.4. The summed E-state index contributed by atoms with van der Waals surface area (Å²) in [5, 5.41) is 2.40. The van der Waals surface area contributed by atoms with E-state index in [2.05, 4.69) is 26.2 Å². The van der Waals surface area contributed by atoms with Gasteiger partial charge in [-0.2, -0.15) is 0 Å². The number of thioether (sulfide) groups is 1. The lowest BCUT2D eigenvalue weighted by Crippen LogP contribution is -2.05. The van der Waals surface area contributed by atoms with Gasteiger partial charge in [-0.05, 0) is 31.1 Å². The first kappa shape index (κ1) is 10.2.